The predicted octanol–water partition coefficient (Wildman–Crippen LogP) is 0.826. The van der Waals surface area contributed by atoms with E-state index in [0.29, 0.717) is 11.6 Å². The number of amides is 1. The van der Waals surface area contributed by atoms with Crippen LogP contribution in [-0.2, 0) is 0 Å². The highest BCUT2D eigenvalue weighted by atomic mass is 16.3. The molecule has 0 saturated carbocycles. The summed E-state index contributed by atoms with van der Waals surface area (Å²) < 4.78 is 0. The van der Waals surface area contributed by atoms with Crippen LogP contribution in [-0.4, -0.2) is 41.6 Å². The summed E-state index contributed by atoms with van der Waals surface area (Å²) in [5.74, 6) is 0.221. The van der Waals surface area contributed by atoms with Crippen molar-refractivity contribution < 1.29 is 9.90 Å². The Morgan fingerprint density at radius 2 is 2.12 bits per heavy atom. The highest BCUT2D eigenvalue weighted by molar-refractivity contribution is 5.94. The van der Waals surface area contributed by atoms with E-state index in [0.717, 1.165) is 19.6 Å². The largest absolute Gasteiger partial charge is 0.508 e. The minimum atomic E-state index is 0.0355. The van der Waals surface area contributed by atoms with Crippen LogP contribution in [0, 0.1) is 0 Å². The Bertz CT molecular complexity index is 375. The molecule has 0 aliphatic carbocycles. The Labute approximate surface area is 94.9 Å². The first-order chi connectivity index (χ1) is 7.66. The number of benzene rings is 1. The maximum atomic E-state index is 12.1. The quantitative estimate of drug-likeness (QED) is 0.737. The second kappa shape index (κ2) is 4.53. The molecule has 2 N–H and O–H groups in total. The molecule has 0 radical (unpaired) electrons. The van der Waals surface area contributed by atoms with Gasteiger partial charge in [0.2, 0.25) is 0 Å². The average molecular weight is 220 g/mol. The van der Waals surface area contributed by atoms with Crippen molar-refractivity contribution in [3.8, 4) is 5.75 Å². The normalized spacial score (nSPS) is 20.8. The number of carbonyl (C=O) groups is 1. The van der Waals surface area contributed by atoms with Gasteiger partial charge in [0.25, 0.3) is 5.91 Å². The summed E-state index contributed by atoms with van der Waals surface area (Å²) in [5, 5.41) is 12.4. The maximum Gasteiger partial charge on any atom is 0.253 e. The second-order valence-corrected chi connectivity index (χ2v) is 4.15. The molecular formula is C12H16N2O2. The van der Waals surface area contributed by atoms with Gasteiger partial charge in [-0.25, -0.2) is 0 Å². The molecule has 86 valence electrons. The van der Waals surface area contributed by atoms with Gasteiger partial charge in [-0.1, -0.05) is 0 Å². The Morgan fingerprint density at radius 3 is 2.75 bits per heavy atom. The van der Waals surface area contributed by atoms with E-state index in [1.807, 2.05) is 4.90 Å². The van der Waals surface area contributed by atoms with Gasteiger partial charge in [0, 0.05) is 31.2 Å². The van der Waals surface area contributed by atoms with Crippen molar-refractivity contribution in [3.63, 3.8) is 0 Å². The standard InChI is InChI=1S/C12H16N2O2/c1-9-8-14(7-6-13-9)12(16)10-2-4-11(15)5-3-10/h2-5,9,13,15H,6-8H2,1H3. The highest BCUT2D eigenvalue weighted by Crippen LogP contribution is 2.12. The number of nitrogens with one attached hydrogen (secondary N) is 1. The molecule has 16 heavy (non-hydrogen) atoms. The third-order valence-corrected chi connectivity index (χ3v) is 2.77. The summed E-state index contributed by atoms with van der Waals surface area (Å²) in [4.78, 5) is 13.9. The van der Waals surface area contributed by atoms with Gasteiger partial charge in [-0.2, -0.15) is 0 Å². The summed E-state index contributed by atoms with van der Waals surface area (Å²) in [7, 11) is 0. The van der Waals surface area contributed by atoms with Crippen molar-refractivity contribution in [1.82, 2.24) is 10.2 Å². The summed E-state index contributed by atoms with van der Waals surface area (Å²) in [5.41, 5.74) is 0.631. The number of phenols is 1. The minimum Gasteiger partial charge on any atom is -0.508 e. The SMILES string of the molecule is CC1CN(C(=O)c2ccc(O)cc2)CCN1. The highest BCUT2D eigenvalue weighted by Gasteiger charge is 2.21. The minimum absolute atomic E-state index is 0.0355. The van der Waals surface area contributed by atoms with Crippen molar-refractivity contribution in [2.24, 2.45) is 0 Å². The molecular weight excluding hydrogens is 204 g/mol. The van der Waals surface area contributed by atoms with Gasteiger partial charge in [0.05, 0.1) is 0 Å². The predicted molar refractivity (Wildman–Crippen MR) is 61.5 cm³/mol. The Morgan fingerprint density at radius 1 is 1.44 bits per heavy atom. The number of hydrogen-bond donors (Lipinski definition) is 2. The van der Waals surface area contributed by atoms with Crippen molar-refractivity contribution in [1.29, 1.82) is 0 Å². The lowest BCUT2D eigenvalue weighted by Crippen LogP contribution is -2.51. The number of aromatic hydroxyl groups is 1. The van der Waals surface area contributed by atoms with Gasteiger partial charge < -0.3 is 15.3 Å². The van der Waals surface area contributed by atoms with Crippen molar-refractivity contribution in [2.45, 2.75) is 13.0 Å². The maximum absolute atomic E-state index is 12.1. The van der Waals surface area contributed by atoms with Gasteiger partial charge in [-0.15, -0.1) is 0 Å². The molecule has 1 heterocycles. The smallest absolute Gasteiger partial charge is 0.253 e. The van der Waals surface area contributed by atoms with E-state index in [9.17, 15) is 4.79 Å². The molecule has 1 amide bonds. The molecule has 1 unspecified atom stereocenters. The van der Waals surface area contributed by atoms with Crippen LogP contribution in [0.15, 0.2) is 24.3 Å². The van der Waals surface area contributed by atoms with Crippen LogP contribution in [0.4, 0.5) is 0 Å². The molecule has 1 fully saturated rings. The van der Waals surface area contributed by atoms with Gasteiger partial charge in [-0.05, 0) is 31.2 Å². The third kappa shape index (κ3) is 2.33. The van der Waals surface area contributed by atoms with Gasteiger partial charge in [0.1, 0.15) is 5.75 Å². The van der Waals surface area contributed by atoms with Crippen molar-refractivity contribution >= 4 is 5.91 Å². The lowest BCUT2D eigenvalue weighted by molar-refractivity contribution is 0.0709. The van der Waals surface area contributed by atoms with Crippen LogP contribution in [0.3, 0.4) is 0 Å². The van der Waals surface area contributed by atoms with E-state index in [1.54, 1.807) is 24.3 Å². The van der Waals surface area contributed by atoms with E-state index in [1.165, 1.54) is 0 Å². The van der Waals surface area contributed by atoms with Gasteiger partial charge in [-0.3, -0.25) is 4.79 Å². The molecule has 1 aliphatic rings. The van der Waals surface area contributed by atoms with E-state index >= 15 is 0 Å². The zero-order chi connectivity index (χ0) is 11.5. The zero-order valence-electron chi connectivity index (χ0n) is 9.31. The first-order valence-electron chi connectivity index (χ1n) is 5.48. The summed E-state index contributed by atoms with van der Waals surface area (Å²) in [6.07, 6.45) is 0. The Kier molecular flexibility index (Phi) is 3.10. The molecule has 2 rings (SSSR count). The van der Waals surface area contributed by atoms with E-state index in [2.05, 4.69) is 12.2 Å². The summed E-state index contributed by atoms with van der Waals surface area (Å²) >= 11 is 0. The molecule has 0 bridgehead atoms. The molecule has 4 nitrogen and oxygen atoms in total. The van der Waals surface area contributed by atoms with E-state index in [4.69, 9.17) is 5.11 Å². The van der Waals surface area contributed by atoms with Crippen molar-refractivity contribution in [2.75, 3.05) is 19.6 Å². The Balaban J connectivity index is 2.09. The first kappa shape index (κ1) is 11.0. The van der Waals surface area contributed by atoms with Crippen LogP contribution < -0.4 is 5.32 Å². The molecule has 0 aromatic heterocycles. The molecule has 1 aromatic carbocycles. The first-order valence-corrected chi connectivity index (χ1v) is 5.48. The number of carbonyl (C=O) groups excluding carboxylic acids is 1. The van der Waals surface area contributed by atoms with Crippen LogP contribution in [0.5, 0.6) is 5.75 Å². The fourth-order valence-corrected chi connectivity index (χ4v) is 1.90. The molecule has 1 atom stereocenters. The monoisotopic (exact) mass is 220 g/mol. The molecule has 4 heteroatoms. The lowest BCUT2D eigenvalue weighted by Gasteiger charge is -2.31. The second-order valence-electron chi connectivity index (χ2n) is 4.15. The summed E-state index contributed by atoms with van der Waals surface area (Å²) in [6.45, 7) is 4.38. The number of piperazine rings is 1. The molecule has 1 saturated heterocycles. The van der Waals surface area contributed by atoms with Crippen LogP contribution in [0.25, 0.3) is 0 Å². The van der Waals surface area contributed by atoms with Gasteiger partial charge in [0.15, 0.2) is 0 Å². The molecule has 1 aromatic rings. The van der Waals surface area contributed by atoms with Crippen molar-refractivity contribution in [3.05, 3.63) is 29.8 Å². The zero-order valence-corrected chi connectivity index (χ0v) is 9.31. The Hall–Kier alpha value is -1.55. The summed E-state index contributed by atoms with van der Waals surface area (Å²) in [6, 6.07) is 6.74. The van der Waals surface area contributed by atoms with Crippen LogP contribution in [0.2, 0.25) is 0 Å². The molecule has 1 aliphatic heterocycles. The van der Waals surface area contributed by atoms with Crippen LogP contribution in [0.1, 0.15) is 17.3 Å². The topological polar surface area (TPSA) is 52.6 Å². The number of hydrogen-bond acceptors (Lipinski definition) is 3. The molecule has 0 spiro atoms. The lowest BCUT2D eigenvalue weighted by atomic mass is 10.1. The van der Waals surface area contributed by atoms with Crippen LogP contribution >= 0.6 is 0 Å². The fourth-order valence-electron chi connectivity index (χ4n) is 1.90. The third-order valence-electron chi connectivity index (χ3n) is 2.77. The number of rotatable bonds is 1. The van der Waals surface area contributed by atoms with Gasteiger partial charge >= 0.3 is 0 Å². The van der Waals surface area contributed by atoms with E-state index in [-0.39, 0.29) is 11.7 Å². The number of nitrogens with zero attached hydrogens (tertiary/aromatic N) is 1. The van der Waals surface area contributed by atoms with E-state index < -0.39 is 0 Å². The fraction of sp³-hybridized carbons (Fsp3) is 0.417. The average Bonchev–Trinajstić information content (AvgIpc) is 2.29. The number of phenolic OH excluding ortho intramolecular Hbond substituents is 1.